The van der Waals surface area contributed by atoms with Crippen LogP contribution in [0.15, 0.2) is 42.5 Å². The molecule has 2 aromatic rings. The van der Waals surface area contributed by atoms with Gasteiger partial charge in [0, 0.05) is 18.1 Å². The number of alkyl halides is 3. The van der Waals surface area contributed by atoms with E-state index in [9.17, 15) is 42.4 Å². The fraction of sp³-hybridized carbons (Fsp3) is 0.176. The second-order valence-corrected chi connectivity index (χ2v) is 5.69. The first-order valence-electron chi connectivity index (χ1n) is 7.63. The number of nitrogens with one attached hydrogen (secondary N) is 1. The van der Waals surface area contributed by atoms with Gasteiger partial charge in [-0.2, -0.15) is 17.6 Å². The monoisotopic (exact) mass is 400 g/mol. The predicted octanol–water partition coefficient (Wildman–Crippen LogP) is 3.18. The van der Waals surface area contributed by atoms with Gasteiger partial charge in [-0.15, -0.1) is 0 Å². The zero-order valence-corrected chi connectivity index (χ0v) is 13.9. The Kier molecular flexibility index (Phi) is 5.96. The molecule has 0 saturated carbocycles. The summed E-state index contributed by atoms with van der Waals surface area (Å²) in [6.45, 7) is 0. The zero-order valence-electron chi connectivity index (χ0n) is 13.9. The van der Waals surface area contributed by atoms with Crippen LogP contribution in [0.25, 0.3) is 0 Å². The number of rotatable bonds is 6. The Morgan fingerprint density at radius 3 is 2.25 bits per heavy atom. The van der Waals surface area contributed by atoms with Crippen molar-refractivity contribution in [3.63, 3.8) is 0 Å². The number of carboxylic acid groups (broad SMARTS) is 1. The van der Waals surface area contributed by atoms with Gasteiger partial charge in [0.05, 0.1) is 10.5 Å². The third-order valence-corrected chi connectivity index (χ3v) is 3.72. The number of amides is 1. The van der Waals surface area contributed by atoms with Crippen molar-refractivity contribution >= 4 is 17.6 Å². The molecule has 2 rings (SSSR count). The van der Waals surface area contributed by atoms with Gasteiger partial charge in [0.25, 0.3) is 5.91 Å². The molecule has 0 aromatic heterocycles. The van der Waals surface area contributed by atoms with E-state index in [4.69, 9.17) is 0 Å². The zero-order chi connectivity index (χ0) is 21.1. The standard InChI is InChI=1S/C17H12F4N2O5/c18-12-6-1-9(8-14(12)23(27)28)7-13(16(25)26)22-15(24)10-2-4-11(5-3-10)17(19,20)21/h1-6,8,13H,7H2,(H,22,24)(H,25,26)/t13-/m1/s1. The van der Waals surface area contributed by atoms with Crippen molar-refractivity contribution < 1.29 is 37.2 Å². The highest BCUT2D eigenvalue weighted by atomic mass is 19.4. The van der Waals surface area contributed by atoms with Gasteiger partial charge >= 0.3 is 17.8 Å². The van der Waals surface area contributed by atoms with Gasteiger partial charge in [-0.25, -0.2) is 4.79 Å². The molecule has 0 heterocycles. The summed E-state index contributed by atoms with van der Waals surface area (Å²) in [5, 5.41) is 22.1. The molecule has 0 aliphatic rings. The molecule has 148 valence electrons. The number of hydrogen-bond acceptors (Lipinski definition) is 4. The average molecular weight is 400 g/mol. The largest absolute Gasteiger partial charge is 0.480 e. The lowest BCUT2D eigenvalue weighted by Gasteiger charge is -2.15. The van der Waals surface area contributed by atoms with Crippen molar-refractivity contribution in [3.05, 3.63) is 75.1 Å². The number of carbonyl (C=O) groups excluding carboxylic acids is 1. The van der Waals surface area contributed by atoms with Crippen molar-refractivity contribution in [2.75, 3.05) is 0 Å². The second kappa shape index (κ2) is 8.03. The lowest BCUT2D eigenvalue weighted by molar-refractivity contribution is -0.387. The predicted molar refractivity (Wildman–Crippen MR) is 87.1 cm³/mol. The van der Waals surface area contributed by atoms with E-state index >= 15 is 0 Å². The highest BCUT2D eigenvalue weighted by Gasteiger charge is 2.30. The fourth-order valence-electron chi connectivity index (χ4n) is 2.31. The lowest BCUT2D eigenvalue weighted by atomic mass is 10.0. The van der Waals surface area contributed by atoms with Crippen LogP contribution >= 0.6 is 0 Å². The number of halogens is 4. The molecule has 2 aromatic carbocycles. The SMILES string of the molecule is O=C(N[C@H](Cc1ccc(F)c([N+](=O)[O-])c1)C(=O)O)c1ccc(C(F)(F)F)cc1. The molecule has 0 aliphatic heterocycles. The number of carbonyl (C=O) groups is 2. The number of nitrogens with zero attached hydrogens (tertiary/aromatic N) is 1. The summed E-state index contributed by atoms with van der Waals surface area (Å²) >= 11 is 0. The minimum absolute atomic E-state index is 0.0771. The van der Waals surface area contributed by atoms with Gasteiger partial charge in [0.1, 0.15) is 6.04 Å². The van der Waals surface area contributed by atoms with E-state index in [1.165, 1.54) is 0 Å². The van der Waals surface area contributed by atoms with Crippen LogP contribution < -0.4 is 5.32 Å². The maximum Gasteiger partial charge on any atom is 0.416 e. The van der Waals surface area contributed by atoms with Crippen molar-refractivity contribution in [2.24, 2.45) is 0 Å². The summed E-state index contributed by atoms with van der Waals surface area (Å²) in [5.41, 5.74) is -1.95. The maximum absolute atomic E-state index is 13.4. The molecule has 28 heavy (non-hydrogen) atoms. The minimum Gasteiger partial charge on any atom is -0.480 e. The van der Waals surface area contributed by atoms with E-state index in [1.54, 1.807) is 0 Å². The molecule has 7 nitrogen and oxygen atoms in total. The molecule has 0 bridgehead atoms. The van der Waals surface area contributed by atoms with Crippen molar-refractivity contribution in [3.8, 4) is 0 Å². The van der Waals surface area contributed by atoms with Gasteiger partial charge in [0.2, 0.25) is 5.82 Å². The van der Waals surface area contributed by atoms with E-state index < -0.39 is 52.5 Å². The van der Waals surface area contributed by atoms with Crippen LogP contribution in [0.3, 0.4) is 0 Å². The first-order valence-corrected chi connectivity index (χ1v) is 7.63. The third kappa shape index (κ3) is 5.02. The molecule has 0 aliphatic carbocycles. The molecule has 0 fully saturated rings. The molecule has 2 N–H and O–H groups in total. The number of hydrogen-bond donors (Lipinski definition) is 2. The van der Waals surface area contributed by atoms with Gasteiger partial charge in [-0.1, -0.05) is 6.07 Å². The lowest BCUT2D eigenvalue weighted by Crippen LogP contribution is -2.42. The normalized spacial score (nSPS) is 12.3. The summed E-state index contributed by atoms with van der Waals surface area (Å²) in [6, 6.07) is 4.35. The molecule has 1 amide bonds. The van der Waals surface area contributed by atoms with Gasteiger partial charge in [0.15, 0.2) is 0 Å². The fourth-order valence-corrected chi connectivity index (χ4v) is 2.31. The number of nitro benzene ring substituents is 1. The first-order chi connectivity index (χ1) is 13.0. The maximum atomic E-state index is 13.4. The van der Waals surface area contributed by atoms with Crippen molar-refractivity contribution in [1.29, 1.82) is 0 Å². The topological polar surface area (TPSA) is 110 Å². The molecular weight excluding hydrogens is 388 g/mol. The van der Waals surface area contributed by atoms with E-state index in [0.717, 1.165) is 30.3 Å². The van der Waals surface area contributed by atoms with Crippen LogP contribution in [-0.4, -0.2) is 27.9 Å². The highest BCUT2D eigenvalue weighted by molar-refractivity contribution is 5.96. The molecule has 0 unspecified atom stereocenters. The van der Waals surface area contributed by atoms with Gasteiger partial charge < -0.3 is 10.4 Å². The third-order valence-electron chi connectivity index (χ3n) is 3.72. The Balaban J connectivity index is 2.17. The molecule has 1 atom stereocenters. The van der Waals surface area contributed by atoms with E-state index in [2.05, 4.69) is 5.32 Å². The molecule has 0 spiro atoms. The smallest absolute Gasteiger partial charge is 0.416 e. The van der Waals surface area contributed by atoms with Crippen LogP contribution in [-0.2, 0) is 17.4 Å². The van der Waals surface area contributed by atoms with Gasteiger partial charge in [-0.3, -0.25) is 14.9 Å². The second-order valence-electron chi connectivity index (χ2n) is 5.69. The molecule has 11 heteroatoms. The van der Waals surface area contributed by atoms with Crippen LogP contribution in [0.2, 0.25) is 0 Å². The van der Waals surface area contributed by atoms with Crippen LogP contribution in [0, 0.1) is 15.9 Å². The number of benzene rings is 2. The van der Waals surface area contributed by atoms with E-state index in [-0.39, 0.29) is 11.1 Å². The summed E-state index contributed by atoms with van der Waals surface area (Å²) in [6.07, 6.45) is -4.99. The quantitative estimate of drug-likeness (QED) is 0.440. The summed E-state index contributed by atoms with van der Waals surface area (Å²) in [5.74, 6) is -3.53. The first kappa shape index (κ1) is 20.8. The molecule has 0 saturated heterocycles. The Morgan fingerprint density at radius 2 is 1.75 bits per heavy atom. The van der Waals surface area contributed by atoms with Crippen LogP contribution in [0.4, 0.5) is 23.2 Å². The number of aliphatic carboxylic acids is 1. The number of carboxylic acids is 1. The summed E-state index contributed by atoms with van der Waals surface area (Å²) < 4.78 is 51.0. The molecule has 0 radical (unpaired) electrons. The van der Waals surface area contributed by atoms with Gasteiger partial charge in [-0.05, 0) is 35.9 Å². The average Bonchev–Trinajstić information content (AvgIpc) is 2.61. The Bertz CT molecular complexity index is 913. The Morgan fingerprint density at radius 1 is 1.14 bits per heavy atom. The summed E-state index contributed by atoms with van der Waals surface area (Å²) in [7, 11) is 0. The van der Waals surface area contributed by atoms with Crippen LogP contribution in [0.1, 0.15) is 21.5 Å². The van der Waals surface area contributed by atoms with Crippen molar-refractivity contribution in [2.45, 2.75) is 18.6 Å². The highest BCUT2D eigenvalue weighted by Crippen LogP contribution is 2.29. The Hall–Kier alpha value is -3.50. The van der Waals surface area contributed by atoms with E-state index in [1.807, 2.05) is 0 Å². The van der Waals surface area contributed by atoms with E-state index in [0.29, 0.717) is 12.1 Å². The van der Waals surface area contributed by atoms with Crippen molar-refractivity contribution in [1.82, 2.24) is 5.32 Å². The summed E-state index contributed by atoms with van der Waals surface area (Å²) in [4.78, 5) is 33.3. The Labute approximate surface area is 154 Å². The number of nitro groups is 1. The molecular formula is C17H12F4N2O5. The minimum atomic E-state index is -4.59. The van der Waals surface area contributed by atoms with Crippen LogP contribution in [0.5, 0.6) is 0 Å².